The van der Waals surface area contributed by atoms with Crippen LogP contribution in [-0.4, -0.2) is 62.6 Å². The van der Waals surface area contributed by atoms with Gasteiger partial charge in [0.05, 0.1) is 37.2 Å². The molecule has 0 aliphatic rings. The van der Waals surface area contributed by atoms with Gasteiger partial charge in [-0.25, -0.2) is 17.2 Å². The highest BCUT2D eigenvalue weighted by molar-refractivity contribution is 7.92. The SMILES string of the molecule is CCc1cccc(CNCC(O)C(Cc2cc(F)cc(F)c2)NC(=O)c2cccc(N(CCO)S(C)(=O)=O)c2)c1. The number of hydrogen-bond acceptors (Lipinski definition) is 6. The molecule has 0 saturated heterocycles. The third kappa shape index (κ3) is 9.09. The van der Waals surface area contributed by atoms with Gasteiger partial charge in [0.25, 0.3) is 5.91 Å². The summed E-state index contributed by atoms with van der Waals surface area (Å²) in [5, 5.41) is 26.2. The molecule has 4 N–H and O–H groups in total. The number of aliphatic hydroxyl groups excluding tert-OH is 2. The number of nitrogens with zero attached hydrogens (tertiary/aromatic N) is 1. The standard InChI is InChI=1S/C29H35F2N3O5S/c1-3-20-6-4-7-21(12-20)18-32-19-28(36)27(15-22-13-24(30)17-25(31)14-22)33-29(37)23-8-5-9-26(16-23)34(10-11-35)40(2,38)39/h4-9,12-14,16-17,27-28,32,35-36H,3,10-11,15,18-19H2,1-2H3,(H,33,37). The predicted molar refractivity (Wildman–Crippen MR) is 151 cm³/mol. The van der Waals surface area contributed by atoms with E-state index >= 15 is 0 Å². The molecule has 2 atom stereocenters. The quantitative estimate of drug-likeness (QED) is 0.235. The number of carbonyl (C=O) groups is 1. The summed E-state index contributed by atoms with van der Waals surface area (Å²) in [6.07, 6.45) is 0.687. The number of carbonyl (C=O) groups excluding carboxylic acids is 1. The second kappa shape index (κ2) is 14.3. The van der Waals surface area contributed by atoms with Crippen molar-refractivity contribution in [2.75, 3.05) is 30.3 Å². The van der Waals surface area contributed by atoms with Gasteiger partial charge in [-0.3, -0.25) is 9.10 Å². The number of halogens is 2. The lowest BCUT2D eigenvalue weighted by Crippen LogP contribution is -2.48. The maximum Gasteiger partial charge on any atom is 0.251 e. The molecule has 0 aliphatic carbocycles. The maximum atomic E-state index is 13.9. The van der Waals surface area contributed by atoms with Crippen LogP contribution in [0.4, 0.5) is 14.5 Å². The highest BCUT2D eigenvalue weighted by atomic mass is 32.2. The van der Waals surface area contributed by atoms with Crippen molar-refractivity contribution in [3.05, 3.63) is 101 Å². The lowest BCUT2D eigenvalue weighted by Gasteiger charge is -2.26. The Hall–Kier alpha value is -3.38. The van der Waals surface area contributed by atoms with Gasteiger partial charge in [-0.05, 0) is 59.9 Å². The van der Waals surface area contributed by atoms with E-state index in [-0.39, 0.29) is 36.3 Å². The van der Waals surface area contributed by atoms with E-state index in [2.05, 4.69) is 23.6 Å². The molecule has 0 spiro atoms. The van der Waals surface area contributed by atoms with E-state index in [1.807, 2.05) is 18.2 Å². The van der Waals surface area contributed by atoms with Crippen LogP contribution in [0.15, 0.2) is 66.7 Å². The number of aliphatic hydroxyl groups is 2. The third-order valence-corrected chi connectivity index (χ3v) is 7.53. The molecule has 0 fully saturated rings. The Morgan fingerprint density at radius 3 is 2.30 bits per heavy atom. The first-order valence-electron chi connectivity index (χ1n) is 12.9. The van der Waals surface area contributed by atoms with Crippen LogP contribution < -0.4 is 14.9 Å². The first kappa shape index (κ1) is 31.2. The zero-order valence-corrected chi connectivity index (χ0v) is 23.3. The Bertz CT molecular complexity index is 1380. The van der Waals surface area contributed by atoms with Crippen LogP contribution in [0.2, 0.25) is 0 Å². The molecule has 0 radical (unpaired) electrons. The molecule has 3 aromatic rings. The van der Waals surface area contributed by atoms with E-state index < -0.39 is 46.3 Å². The van der Waals surface area contributed by atoms with Crippen LogP contribution in [0.1, 0.15) is 34.0 Å². The summed E-state index contributed by atoms with van der Waals surface area (Å²) in [6, 6.07) is 15.9. The fourth-order valence-corrected chi connectivity index (χ4v) is 5.27. The summed E-state index contributed by atoms with van der Waals surface area (Å²) >= 11 is 0. The van der Waals surface area contributed by atoms with Gasteiger partial charge in [0.1, 0.15) is 11.6 Å². The van der Waals surface area contributed by atoms with Gasteiger partial charge in [-0.1, -0.05) is 37.3 Å². The van der Waals surface area contributed by atoms with E-state index in [4.69, 9.17) is 0 Å². The minimum atomic E-state index is -3.72. The molecule has 0 aromatic heterocycles. The fourth-order valence-electron chi connectivity index (χ4n) is 4.36. The Balaban J connectivity index is 1.79. The summed E-state index contributed by atoms with van der Waals surface area (Å²) in [5.74, 6) is -2.17. The van der Waals surface area contributed by atoms with Crippen molar-refractivity contribution in [1.29, 1.82) is 0 Å². The summed E-state index contributed by atoms with van der Waals surface area (Å²) < 4.78 is 53.1. The Kier molecular flexibility index (Phi) is 11.1. The van der Waals surface area contributed by atoms with Gasteiger partial charge in [0.15, 0.2) is 0 Å². The lowest BCUT2D eigenvalue weighted by atomic mass is 10.00. The van der Waals surface area contributed by atoms with Gasteiger partial charge in [-0.15, -0.1) is 0 Å². The smallest absolute Gasteiger partial charge is 0.251 e. The molecule has 3 rings (SSSR count). The van der Waals surface area contributed by atoms with E-state index in [9.17, 15) is 32.2 Å². The van der Waals surface area contributed by atoms with Gasteiger partial charge in [-0.2, -0.15) is 0 Å². The molecule has 11 heteroatoms. The number of sulfonamides is 1. The van der Waals surface area contributed by atoms with E-state index in [1.54, 1.807) is 0 Å². The number of aryl methyl sites for hydroxylation is 1. The van der Waals surface area contributed by atoms with Crippen LogP contribution in [0.3, 0.4) is 0 Å². The Labute approximate surface area is 233 Å². The molecule has 0 saturated carbocycles. The van der Waals surface area contributed by atoms with Gasteiger partial charge < -0.3 is 20.8 Å². The van der Waals surface area contributed by atoms with Gasteiger partial charge in [0, 0.05) is 24.7 Å². The zero-order valence-electron chi connectivity index (χ0n) is 22.5. The molecular formula is C29H35F2N3O5S. The van der Waals surface area contributed by atoms with E-state index in [0.29, 0.717) is 6.54 Å². The first-order valence-corrected chi connectivity index (χ1v) is 14.8. The van der Waals surface area contributed by atoms with E-state index in [1.165, 1.54) is 29.8 Å². The average molecular weight is 576 g/mol. The molecule has 8 nitrogen and oxygen atoms in total. The maximum absolute atomic E-state index is 13.9. The van der Waals surface area contributed by atoms with Crippen molar-refractivity contribution >= 4 is 21.6 Å². The third-order valence-electron chi connectivity index (χ3n) is 6.34. The minimum Gasteiger partial charge on any atom is -0.394 e. The largest absolute Gasteiger partial charge is 0.394 e. The molecule has 0 heterocycles. The molecular weight excluding hydrogens is 540 g/mol. The summed E-state index contributed by atoms with van der Waals surface area (Å²) in [6.45, 7) is 1.99. The molecule has 3 aromatic carbocycles. The van der Waals surface area contributed by atoms with Crippen LogP contribution in [0.25, 0.3) is 0 Å². The molecule has 0 bridgehead atoms. The summed E-state index contributed by atoms with van der Waals surface area (Å²) in [4.78, 5) is 13.2. The van der Waals surface area contributed by atoms with Crippen molar-refractivity contribution in [2.45, 2.75) is 38.5 Å². The summed E-state index contributed by atoms with van der Waals surface area (Å²) in [7, 11) is -3.72. The second-order valence-electron chi connectivity index (χ2n) is 9.54. The van der Waals surface area contributed by atoms with Crippen LogP contribution in [0.5, 0.6) is 0 Å². The monoisotopic (exact) mass is 575 g/mol. The number of benzene rings is 3. The highest BCUT2D eigenvalue weighted by Gasteiger charge is 2.24. The molecule has 0 aliphatic heterocycles. The Morgan fingerprint density at radius 1 is 0.975 bits per heavy atom. The number of hydrogen-bond donors (Lipinski definition) is 4. The average Bonchev–Trinajstić information content (AvgIpc) is 2.90. The molecule has 40 heavy (non-hydrogen) atoms. The number of anilines is 1. The van der Waals surface area contributed by atoms with Crippen molar-refractivity contribution in [2.24, 2.45) is 0 Å². The zero-order chi connectivity index (χ0) is 29.3. The molecule has 1 amide bonds. The molecule has 2 unspecified atom stereocenters. The predicted octanol–water partition coefficient (Wildman–Crippen LogP) is 2.78. The fraction of sp³-hybridized carbons (Fsp3) is 0.345. The number of amides is 1. The van der Waals surface area contributed by atoms with Gasteiger partial charge >= 0.3 is 0 Å². The second-order valence-corrected chi connectivity index (χ2v) is 11.4. The lowest BCUT2D eigenvalue weighted by molar-refractivity contribution is 0.0830. The minimum absolute atomic E-state index is 0.0613. The van der Waals surface area contributed by atoms with Crippen molar-refractivity contribution in [1.82, 2.24) is 10.6 Å². The summed E-state index contributed by atoms with van der Waals surface area (Å²) in [5.41, 5.74) is 2.74. The van der Waals surface area contributed by atoms with E-state index in [0.717, 1.165) is 40.7 Å². The topological polar surface area (TPSA) is 119 Å². The molecule has 216 valence electrons. The van der Waals surface area contributed by atoms with Crippen LogP contribution >= 0.6 is 0 Å². The first-order chi connectivity index (χ1) is 19.0. The van der Waals surface area contributed by atoms with Gasteiger partial charge in [0.2, 0.25) is 10.0 Å². The number of nitrogens with one attached hydrogen (secondary N) is 2. The van der Waals surface area contributed by atoms with Crippen molar-refractivity contribution in [3.8, 4) is 0 Å². The van der Waals surface area contributed by atoms with Crippen molar-refractivity contribution in [3.63, 3.8) is 0 Å². The van der Waals surface area contributed by atoms with Crippen molar-refractivity contribution < 1.29 is 32.2 Å². The normalized spacial score (nSPS) is 13.1. The Morgan fingerprint density at radius 2 is 1.65 bits per heavy atom. The number of rotatable bonds is 14. The van der Waals surface area contributed by atoms with Crippen LogP contribution in [0, 0.1) is 11.6 Å². The highest BCUT2D eigenvalue weighted by Crippen LogP contribution is 2.20. The van der Waals surface area contributed by atoms with Crippen LogP contribution in [-0.2, 0) is 29.4 Å².